The summed E-state index contributed by atoms with van der Waals surface area (Å²) >= 11 is 0. The van der Waals surface area contributed by atoms with E-state index in [1.807, 2.05) is 6.92 Å². The summed E-state index contributed by atoms with van der Waals surface area (Å²) in [6.45, 7) is 4.36. The van der Waals surface area contributed by atoms with Crippen LogP contribution in [0.25, 0.3) is 0 Å². The molecular weight excluding hydrogens is 234 g/mol. The van der Waals surface area contributed by atoms with E-state index < -0.39 is 5.97 Å². The van der Waals surface area contributed by atoms with Gasteiger partial charge in [0.05, 0.1) is 24.5 Å². The SMILES string of the molecule is CCOC(=O)c1cccc(OC(C)COC)c1N. The number of para-hydroxylation sites is 1. The first-order chi connectivity index (χ1) is 8.60. The predicted octanol–water partition coefficient (Wildman–Crippen LogP) is 1.86. The van der Waals surface area contributed by atoms with E-state index in [-0.39, 0.29) is 6.10 Å². The van der Waals surface area contributed by atoms with Crippen molar-refractivity contribution in [1.82, 2.24) is 0 Å². The first-order valence-corrected chi connectivity index (χ1v) is 5.81. The van der Waals surface area contributed by atoms with E-state index in [9.17, 15) is 4.79 Å². The van der Waals surface area contributed by atoms with Crippen molar-refractivity contribution in [2.24, 2.45) is 0 Å². The van der Waals surface area contributed by atoms with Crippen LogP contribution in [-0.4, -0.2) is 32.4 Å². The smallest absolute Gasteiger partial charge is 0.340 e. The van der Waals surface area contributed by atoms with E-state index in [2.05, 4.69) is 0 Å². The molecule has 0 radical (unpaired) electrons. The number of carbonyl (C=O) groups is 1. The number of hydrogen-bond acceptors (Lipinski definition) is 5. The van der Waals surface area contributed by atoms with Crippen molar-refractivity contribution >= 4 is 11.7 Å². The molecule has 1 aromatic carbocycles. The number of benzene rings is 1. The molecule has 2 N–H and O–H groups in total. The van der Waals surface area contributed by atoms with Gasteiger partial charge in [-0.3, -0.25) is 0 Å². The van der Waals surface area contributed by atoms with Crippen LogP contribution in [0, 0.1) is 0 Å². The Hall–Kier alpha value is -1.75. The molecule has 0 aliphatic carbocycles. The van der Waals surface area contributed by atoms with Gasteiger partial charge in [0.2, 0.25) is 0 Å². The molecule has 0 aliphatic rings. The molecule has 1 rings (SSSR count). The Morgan fingerprint density at radius 2 is 2.17 bits per heavy atom. The molecule has 0 saturated heterocycles. The van der Waals surface area contributed by atoms with Crippen LogP contribution in [0.15, 0.2) is 18.2 Å². The number of nitrogen functional groups attached to an aromatic ring is 1. The maximum Gasteiger partial charge on any atom is 0.340 e. The zero-order valence-corrected chi connectivity index (χ0v) is 10.9. The second-order valence-electron chi connectivity index (χ2n) is 3.82. The second-order valence-corrected chi connectivity index (χ2v) is 3.82. The van der Waals surface area contributed by atoms with Gasteiger partial charge in [-0.15, -0.1) is 0 Å². The molecule has 0 bridgehead atoms. The van der Waals surface area contributed by atoms with Gasteiger partial charge in [0, 0.05) is 7.11 Å². The lowest BCUT2D eigenvalue weighted by Gasteiger charge is -2.16. The van der Waals surface area contributed by atoms with E-state index in [4.69, 9.17) is 19.9 Å². The Balaban J connectivity index is 2.88. The maximum absolute atomic E-state index is 11.6. The van der Waals surface area contributed by atoms with Crippen LogP contribution in [0.1, 0.15) is 24.2 Å². The third kappa shape index (κ3) is 3.63. The molecule has 0 heterocycles. The van der Waals surface area contributed by atoms with Crippen molar-refractivity contribution in [1.29, 1.82) is 0 Å². The summed E-state index contributed by atoms with van der Waals surface area (Å²) in [6.07, 6.45) is -0.144. The van der Waals surface area contributed by atoms with Gasteiger partial charge in [0.25, 0.3) is 0 Å². The summed E-state index contributed by atoms with van der Waals surface area (Å²) in [5.41, 5.74) is 6.50. The Morgan fingerprint density at radius 3 is 2.78 bits per heavy atom. The number of ether oxygens (including phenoxy) is 3. The monoisotopic (exact) mass is 253 g/mol. The van der Waals surface area contributed by atoms with Gasteiger partial charge in [-0.05, 0) is 26.0 Å². The molecule has 0 aromatic heterocycles. The van der Waals surface area contributed by atoms with Crippen molar-refractivity contribution in [3.8, 4) is 5.75 Å². The fraction of sp³-hybridized carbons (Fsp3) is 0.462. The largest absolute Gasteiger partial charge is 0.486 e. The van der Waals surface area contributed by atoms with Crippen LogP contribution < -0.4 is 10.5 Å². The van der Waals surface area contributed by atoms with Crippen LogP contribution in [0.3, 0.4) is 0 Å². The molecular formula is C13H19NO4. The summed E-state index contributed by atoms with van der Waals surface area (Å²) in [5.74, 6) is 0.0185. The molecule has 0 amide bonds. The minimum absolute atomic E-state index is 0.144. The summed E-state index contributed by atoms with van der Waals surface area (Å²) in [7, 11) is 1.60. The molecule has 18 heavy (non-hydrogen) atoms. The maximum atomic E-state index is 11.6. The summed E-state index contributed by atoms with van der Waals surface area (Å²) < 4.78 is 15.5. The third-order valence-corrected chi connectivity index (χ3v) is 2.29. The molecule has 100 valence electrons. The van der Waals surface area contributed by atoms with E-state index in [0.717, 1.165) is 0 Å². The average Bonchev–Trinajstić information content (AvgIpc) is 2.32. The Morgan fingerprint density at radius 1 is 1.44 bits per heavy atom. The zero-order chi connectivity index (χ0) is 13.5. The zero-order valence-electron chi connectivity index (χ0n) is 10.9. The summed E-state index contributed by atoms with van der Waals surface area (Å²) in [4.78, 5) is 11.6. The standard InChI is InChI=1S/C13H19NO4/c1-4-17-13(15)10-6-5-7-11(12(10)14)18-9(2)8-16-3/h5-7,9H,4,8,14H2,1-3H3. The van der Waals surface area contributed by atoms with Crippen LogP contribution in [0.5, 0.6) is 5.75 Å². The van der Waals surface area contributed by atoms with E-state index in [1.54, 1.807) is 32.2 Å². The molecule has 0 aliphatic heterocycles. The van der Waals surface area contributed by atoms with Gasteiger partial charge in [0.1, 0.15) is 11.9 Å². The molecule has 5 heteroatoms. The van der Waals surface area contributed by atoms with Crippen molar-refractivity contribution in [3.63, 3.8) is 0 Å². The van der Waals surface area contributed by atoms with E-state index in [0.29, 0.717) is 30.2 Å². The summed E-state index contributed by atoms with van der Waals surface area (Å²) in [5, 5.41) is 0. The topological polar surface area (TPSA) is 70.8 Å². The van der Waals surface area contributed by atoms with E-state index >= 15 is 0 Å². The number of methoxy groups -OCH3 is 1. The number of hydrogen-bond donors (Lipinski definition) is 1. The molecule has 1 atom stereocenters. The number of esters is 1. The van der Waals surface area contributed by atoms with Gasteiger partial charge < -0.3 is 19.9 Å². The van der Waals surface area contributed by atoms with Crippen LogP contribution >= 0.6 is 0 Å². The van der Waals surface area contributed by atoms with Gasteiger partial charge in [-0.25, -0.2) is 4.79 Å². The quantitative estimate of drug-likeness (QED) is 0.619. The Kier molecular flexibility index (Phi) is 5.45. The molecule has 5 nitrogen and oxygen atoms in total. The highest BCUT2D eigenvalue weighted by Crippen LogP contribution is 2.26. The second kappa shape index (κ2) is 6.86. The highest BCUT2D eigenvalue weighted by atomic mass is 16.5. The Labute approximate surface area is 107 Å². The first kappa shape index (κ1) is 14.3. The number of nitrogens with two attached hydrogens (primary N) is 1. The number of anilines is 1. The van der Waals surface area contributed by atoms with Crippen LogP contribution in [0.2, 0.25) is 0 Å². The van der Waals surface area contributed by atoms with Crippen LogP contribution in [0.4, 0.5) is 5.69 Å². The van der Waals surface area contributed by atoms with Gasteiger partial charge in [-0.1, -0.05) is 6.07 Å². The number of rotatable bonds is 6. The van der Waals surface area contributed by atoms with Crippen molar-refractivity contribution in [3.05, 3.63) is 23.8 Å². The lowest BCUT2D eigenvalue weighted by atomic mass is 10.1. The van der Waals surface area contributed by atoms with E-state index in [1.165, 1.54) is 0 Å². The number of carbonyl (C=O) groups excluding carboxylic acids is 1. The molecule has 1 aromatic rings. The summed E-state index contributed by atoms with van der Waals surface area (Å²) in [6, 6.07) is 5.03. The van der Waals surface area contributed by atoms with Crippen molar-refractivity contribution in [2.45, 2.75) is 20.0 Å². The van der Waals surface area contributed by atoms with Gasteiger partial charge in [0.15, 0.2) is 0 Å². The molecule has 1 unspecified atom stereocenters. The third-order valence-electron chi connectivity index (χ3n) is 2.29. The highest BCUT2D eigenvalue weighted by Gasteiger charge is 2.15. The average molecular weight is 253 g/mol. The van der Waals surface area contributed by atoms with Gasteiger partial charge in [-0.2, -0.15) is 0 Å². The molecule has 0 spiro atoms. The van der Waals surface area contributed by atoms with Crippen LogP contribution in [-0.2, 0) is 9.47 Å². The molecule has 0 fully saturated rings. The predicted molar refractivity (Wildman–Crippen MR) is 68.8 cm³/mol. The molecule has 0 saturated carbocycles. The van der Waals surface area contributed by atoms with Gasteiger partial charge >= 0.3 is 5.97 Å². The fourth-order valence-electron chi connectivity index (χ4n) is 1.52. The Bertz CT molecular complexity index is 406. The first-order valence-electron chi connectivity index (χ1n) is 5.81. The highest BCUT2D eigenvalue weighted by molar-refractivity contribution is 5.96. The minimum Gasteiger partial charge on any atom is -0.486 e. The van der Waals surface area contributed by atoms with Crippen molar-refractivity contribution in [2.75, 3.05) is 26.1 Å². The lowest BCUT2D eigenvalue weighted by Crippen LogP contribution is -2.19. The minimum atomic E-state index is -0.445. The fourth-order valence-corrected chi connectivity index (χ4v) is 1.52. The lowest BCUT2D eigenvalue weighted by molar-refractivity contribution is 0.0526. The normalized spacial score (nSPS) is 11.9. The van der Waals surface area contributed by atoms with Crippen molar-refractivity contribution < 1.29 is 19.0 Å².